The Bertz CT molecular complexity index is 1540. The van der Waals surface area contributed by atoms with Gasteiger partial charge >= 0.3 is 6.18 Å². The van der Waals surface area contributed by atoms with Gasteiger partial charge in [-0.3, -0.25) is 9.47 Å². The van der Waals surface area contributed by atoms with Crippen molar-refractivity contribution in [2.24, 2.45) is 5.92 Å². The molecule has 5 N–H and O–H groups in total. The van der Waals surface area contributed by atoms with Gasteiger partial charge in [0.15, 0.2) is 17.7 Å². The molecule has 15 heteroatoms. The zero-order valence-electron chi connectivity index (χ0n) is 23.4. The number of fused-ring (bicyclic) bond motifs is 2. The second-order valence-electron chi connectivity index (χ2n) is 11.1. The quantitative estimate of drug-likeness (QED) is 0.198. The van der Waals surface area contributed by atoms with Crippen LogP contribution >= 0.6 is 11.6 Å². The van der Waals surface area contributed by atoms with Crippen LogP contribution in [-0.2, 0) is 17.3 Å². The van der Waals surface area contributed by atoms with Gasteiger partial charge in [0, 0.05) is 32.2 Å². The summed E-state index contributed by atoms with van der Waals surface area (Å²) < 4.78 is 46.6. The first-order valence-electron chi connectivity index (χ1n) is 13.7. The monoisotopic (exact) mass is 610 g/mol. The Morgan fingerprint density at radius 1 is 1.21 bits per heavy atom. The second-order valence-corrected chi connectivity index (χ2v) is 11.5. The number of hydrogen-bond donors (Lipinski definition) is 4. The molecular formula is C27H34ClF3N8O3. The van der Waals surface area contributed by atoms with Gasteiger partial charge in [0.1, 0.15) is 29.9 Å². The van der Waals surface area contributed by atoms with Gasteiger partial charge in [-0.15, -0.1) is 0 Å². The zero-order valence-corrected chi connectivity index (χ0v) is 24.1. The smallest absolute Gasteiger partial charge is 0.386 e. The van der Waals surface area contributed by atoms with Crippen molar-refractivity contribution in [3.8, 4) is 0 Å². The van der Waals surface area contributed by atoms with Crippen molar-refractivity contribution >= 4 is 39.6 Å². The Kier molecular flexibility index (Phi) is 8.63. The van der Waals surface area contributed by atoms with Crippen molar-refractivity contribution in [3.05, 3.63) is 41.2 Å². The van der Waals surface area contributed by atoms with Crippen LogP contribution in [0.2, 0.25) is 5.02 Å². The first-order chi connectivity index (χ1) is 19.9. The molecule has 1 saturated carbocycles. The number of methoxy groups -OCH3 is 1. The highest BCUT2D eigenvalue weighted by molar-refractivity contribution is 6.32. The number of ether oxygens (including phenoxy) is 1. The molecule has 0 bridgehead atoms. The van der Waals surface area contributed by atoms with Gasteiger partial charge in [-0.1, -0.05) is 11.6 Å². The molecule has 1 aromatic carbocycles. The van der Waals surface area contributed by atoms with E-state index in [4.69, 9.17) is 22.1 Å². The van der Waals surface area contributed by atoms with E-state index in [1.54, 1.807) is 0 Å². The van der Waals surface area contributed by atoms with Gasteiger partial charge in [0.2, 0.25) is 0 Å². The first-order valence-corrected chi connectivity index (χ1v) is 14.1. The number of nitrogens with zero attached hydrogens (tertiary/aromatic N) is 6. The average Bonchev–Trinajstić information content (AvgIpc) is 3.51. The lowest BCUT2D eigenvalue weighted by Crippen LogP contribution is -2.53. The molecular weight excluding hydrogens is 577 g/mol. The highest BCUT2D eigenvalue weighted by Gasteiger charge is 2.38. The number of hydrogen-bond acceptors (Lipinski definition) is 9. The maximum atomic E-state index is 13.2. The fraction of sp³-hybridized carbons (Fsp3) is 0.556. The number of aliphatic hydroxyl groups excluding tert-OH is 2. The van der Waals surface area contributed by atoms with E-state index in [0.717, 1.165) is 25.3 Å². The first kappa shape index (κ1) is 30.4. The lowest BCUT2D eigenvalue weighted by Gasteiger charge is -2.46. The van der Waals surface area contributed by atoms with Crippen molar-refractivity contribution in [2.45, 2.75) is 76.2 Å². The summed E-state index contributed by atoms with van der Waals surface area (Å²) in [6.07, 6.45) is -2.00. The van der Waals surface area contributed by atoms with E-state index in [2.05, 4.69) is 43.7 Å². The van der Waals surface area contributed by atoms with Crippen LogP contribution in [0.4, 0.5) is 19.0 Å². The Morgan fingerprint density at radius 3 is 2.62 bits per heavy atom. The SMILES string of the molecule is CO[C@H](CN(C(C)C)[C@H]1C[C@H](CCc2nc3cc(Cl)c(C(F)(F)F)cc3[nH]2)C1)[C@@H](O)[C@@H](O)n1cnc2c(N)ncnc21. The van der Waals surface area contributed by atoms with Crippen LogP contribution in [0, 0.1) is 5.92 Å². The third kappa shape index (κ3) is 6.04. The summed E-state index contributed by atoms with van der Waals surface area (Å²) in [4.78, 5) is 21.9. The molecule has 3 aromatic heterocycles. The minimum Gasteiger partial charge on any atom is -0.386 e. The molecule has 0 radical (unpaired) electrons. The van der Waals surface area contributed by atoms with E-state index >= 15 is 0 Å². The van der Waals surface area contributed by atoms with Gasteiger partial charge in [-0.05, 0) is 51.2 Å². The van der Waals surface area contributed by atoms with E-state index < -0.39 is 30.2 Å². The summed E-state index contributed by atoms with van der Waals surface area (Å²) in [5, 5.41) is 21.7. The number of aromatic amines is 1. The molecule has 0 spiro atoms. The molecule has 1 fully saturated rings. The average molecular weight is 611 g/mol. The minimum atomic E-state index is -4.53. The number of benzene rings is 1. The van der Waals surface area contributed by atoms with Crippen LogP contribution in [0.15, 0.2) is 24.8 Å². The summed E-state index contributed by atoms with van der Waals surface area (Å²) >= 11 is 5.83. The van der Waals surface area contributed by atoms with Crippen LogP contribution in [0.25, 0.3) is 22.2 Å². The molecule has 5 rings (SSSR count). The standard InChI is InChI=1S/C27H34ClF3N8O3/c1-13(2)38(10-20(42-3)23(40)26(41)39-12-35-22-24(32)33-11-34-25(22)39)15-6-14(7-15)4-5-21-36-18-8-16(27(29,30)31)17(28)9-19(18)37-21/h8-9,11-15,20,23,26,40-41H,4-7,10H2,1-3H3,(H,36,37)(H2,32,33,34)/t14-,15-,20-,23-,26-/m1/s1. The molecule has 4 aromatic rings. The highest BCUT2D eigenvalue weighted by atomic mass is 35.5. The second kappa shape index (κ2) is 11.9. The van der Waals surface area contributed by atoms with Crippen molar-refractivity contribution in [1.29, 1.82) is 0 Å². The number of aromatic nitrogens is 6. The van der Waals surface area contributed by atoms with Crippen molar-refractivity contribution < 1.29 is 28.1 Å². The van der Waals surface area contributed by atoms with E-state index in [1.807, 2.05) is 0 Å². The lowest BCUT2D eigenvalue weighted by molar-refractivity contribution is -0.137. The number of imidazole rings is 2. The van der Waals surface area contributed by atoms with Crippen LogP contribution < -0.4 is 5.73 Å². The van der Waals surface area contributed by atoms with Crippen molar-refractivity contribution in [2.75, 3.05) is 19.4 Å². The molecule has 3 heterocycles. The maximum Gasteiger partial charge on any atom is 0.417 e. The summed E-state index contributed by atoms with van der Waals surface area (Å²) in [7, 11) is 1.49. The Hall–Kier alpha value is -3.04. The number of anilines is 1. The molecule has 228 valence electrons. The van der Waals surface area contributed by atoms with Gasteiger partial charge in [-0.25, -0.2) is 19.9 Å². The number of nitrogens with one attached hydrogen (secondary N) is 1. The number of nitrogens with two attached hydrogens (primary N) is 1. The fourth-order valence-electron chi connectivity index (χ4n) is 5.70. The van der Waals surface area contributed by atoms with Crippen LogP contribution in [0.3, 0.4) is 0 Å². The topological polar surface area (TPSA) is 151 Å². The maximum absolute atomic E-state index is 13.2. The van der Waals surface area contributed by atoms with E-state index in [0.29, 0.717) is 46.9 Å². The molecule has 3 atom stereocenters. The Balaban J connectivity index is 1.18. The summed E-state index contributed by atoms with van der Waals surface area (Å²) in [6.45, 7) is 4.53. The summed E-state index contributed by atoms with van der Waals surface area (Å²) in [5.74, 6) is 1.22. The van der Waals surface area contributed by atoms with Crippen LogP contribution in [0.1, 0.15) is 50.7 Å². The Labute approximate surface area is 244 Å². The van der Waals surface area contributed by atoms with Crippen LogP contribution in [-0.4, -0.2) is 82.5 Å². The third-order valence-electron chi connectivity index (χ3n) is 8.11. The van der Waals surface area contributed by atoms with Gasteiger partial charge < -0.3 is 25.7 Å². The van der Waals surface area contributed by atoms with E-state index in [9.17, 15) is 23.4 Å². The summed E-state index contributed by atoms with van der Waals surface area (Å²) in [5.41, 5.74) is 6.32. The highest BCUT2D eigenvalue weighted by Crippen LogP contribution is 2.38. The largest absolute Gasteiger partial charge is 0.417 e. The molecule has 0 amide bonds. The zero-order chi connectivity index (χ0) is 30.3. The van der Waals surface area contributed by atoms with Gasteiger partial charge in [0.25, 0.3) is 0 Å². The van der Waals surface area contributed by atoms with Gasteiger partial charge in [0.05, 0.1) is 27.9 Å². The molecule has 0 unspecified atom stereocenters. The number of aliphatic hydroxyl groups is 2. The van der Waals surface area contributed by atoms with Gasteiger partial charge in [-0.2, -0.15) is 13.2 Å². The predicted molar refractivity (Wildman–Crippen MR) is 151 cm³/mol. The Morgan fingerprint density at radius 2 is 1.95 bits per heavy atom. The molecule has 1 aliphatic carbocycles. The third-order valence-corrected chi connectivity index (χ3v) is 8.42. The lowest BCUT2D eigenvalue weighted by atomic mass is 9.76. The number of alkyl halides is 3. The van der Waals surface area contributed by atoms with Crippen LogP contribution in [0.5, 0.6) is 0 Å². The molecule has 42 heavy (non-hydrogen) atoms. The number of rotatable bonds is 11. The predicted octanol–water partition coefficient (Wildman–Crippen LogP) is 3.95. The summed E-state index contributed by atoms with van der Waals surface area (Å²) in [6, 6.07) is 2.66. The number of aryl methyl sites for hydroxylation is 1. The van der Waals surface area contributed by atoms with E-state index in [1.165, 1.54) is 30.4 Å². The molecule has 0 aliphatic heterocycles. The number of halogens is 4. The normalized spacial score (nSPS) is 20.0. The molecule has 11 nitrogen and oxygen atoms in total. The minimum absolute atomic E-state index is 0.155. The van der Waals surface area contributed by atoms with E-state index in [-0.39, 0.29) is 22.9 Å². The van der Waals surface area contributed by atoms with Crippen molar-refractivity contribution in [1.82, 2.24) is 34.4 Å². The number of H-pyrrole nitrogens is 1. The molecule has 0 saturated heterocycles. The fourth-order valence-corrected chi connectivity index (χ4v) is 5.96. The molecule has 1 aliphatic rings. The van der Waals surface area contributed by atoms with Crippen molar-refractivity contribution in [3.63, 3.8) is 0 Å². The number of nitrogen functional groups attached to an aromatic ring is 1.